The predicted molar refractivity (Wildman–Crippen MR) is 60.4 cm³/mol. The normalized spacial score (nSPS) is 17.4. The second-order valence-electron chi connectivity index (χ2n) is 3.58. The third-order valence-corrected chi connectivity index (χ3v) is 6.79. The molecule has 0 unspecified atom stereocenters. The van der Waals surface area contributed by atoms with Crippen molar-refractivity contribution in [1.29, 1.82) is 0 Å². The Kier molecular flexibility index (Phi) is 2.04. The summed E-state index contributed by atoms with van der Waals surface area (Å²) >= 11 is 0. The van der Waals surface area contributed by atoms with Crippen LogP contribution in [0.1, 0.15) is 13.8 Å². The molecule has 1 heterocycles. The van der Waals surface area contributed by atoms with Crippen LogP contribution in [0.3, 0.4) is 0 Å². The van der Waals surface area contributed by atoms with Crippen LogP contribution in [0.15, 0.2) is 24.3 Å². The maximum Gasteiger partial charge on any atom is 0.258 e. The smallest absolute Gasteiger partial charge is 0.258 e. The Balaban J connectivity index is 2.30. The summed E-state index contributed by atoms with van der Waals surface area (Å²) < 4.78 is 0. The largest absolute Gasteiger partial charge is 0.393 e. The second kappa shape index (κ2) is 3.07. The molecule has 1 aromatic rings. The molecular weight excluding hydrogens is 176 g/mol. The molecule has 0 spiro atoms. The minimum atomic E-state index is -1.38. The van der Waals surface area contributed by atoms with Gasteiger partial charge < -0.3 is 9.96 Å². The fraction of sp³-hybridized carbons (Fsp3) is 0.400. The first-order valence-corrected chi connectivity index (χ1v) is 7.36. The third-order valence-electron chi connectivity index (χ3n) is 2.88. The molecule has 13 heavy (non-hydrogen) atoms. The lowest BCUT2D eigenvalue weighted by molar-refractivity contribution is 1.25. The first-order chi connectivity index (χ1) is 6.29. The topological polar surface area (TPSA) is 24.1 Å². The zero-order valence-corrected chi connectivity index (χ0v) is 9.22. The van der Waals surface area contributed by atoms with Crippen molar-refractivity contribution in [2.45, 2.75) is 25.9 Å². The average Bonchev–Trinajstić information content (AvgIpc) is 2.57. The Bertz CT molecular complexity index is 281. The number of benzene rings is 1. The number of nitrogens with one attached hydrogen (secondary N) is 2. The Morgan fingerprint density at radius 1 is 1.00 bits per heavy atom. The lowest BCUT2D eigenvalue weighted by Gasteiger charge is -2.23. The lowest BCUT2D eigenvalue weighted by Crippen LogP contribution is -2.46. The molecule has 0 radical (unpaired) electrons. The summed E-state index contributed by atoms with van der Waals surface area (Å²) in [6.45, 7) is 4.53. The standard InChI is InChI=1S/C10H16N2Si/c1-3-13(4-2)11-9-7-5-6-8-10(9)12-13/h5-8,11-12H,3-4H2,1-2H3. The minimum Gasteiger partial charge on any atom is -0.393 e. The summed E-state index contributed by atoms with van der Waals surface area (Å²) in [5, 5.41) is 0. The van der Waals surface area contributed by atoms with Gasteiger partial charge in [-0.05, 0) is 24.2 Å². The van der Waals surface area contributed by atoms with Crippen LogP contribution in [0.2, 0.25) is 12.1 Å². The predicted octanol–water partition coefficient (Wildman–Crippen LogP) is 3.01. The SMILES string of the molecule is CC[Si]1(CC)Nc2ccccc2N1. The fourth-order valence-electron chi connectivity index (χ4n) is 1.85. The Morgan fingerprint density at radius 3 is 1.85 bits per heavy atom. The Hall–Kier alpha value is -0.963. The summed E-state index contributed by atoms with van der Waals surface area (Å²) in [5.74, 6) is 0. The van der Waals surface area contributed by atoms with Crippen LogP contribution >= 0.6 is 0 Å². The molecule has 1 aliphatic rings. The molecule has 0 aromatic heterocycles. The van der Waals surface area contributed by atoms with E-state index in [-0.39, 0.29) is 0 Å². The van der Waals surface area contributed by atoms with Crippen molar-refractivity contribution < 1.29 is 0 Å². The van der Waals surface area contributed by atoms with Crippen LogP contribution in [-0.4, -0.2) is 8.40 Å². The number of anilines is 2. The number of para-hydroxylation sites is 2. The van der Waals surface area contributed by atoms with E-state index in [1.54, 1.807) is 0 Å². The Morgan fingerprint density at radius 2 is 1.46 bits per heavy atom. The van der Waals surface area contributed by atoms with Crippen molar-refractivity contribution in [2.75, 3.05) is 9.96 Å². The van der Waals surface area contributed by atoms with Gasteiger partial charge in [0, 0.05) is 0 Å². The van der Waals surface area contributed by atoms with Crippen molar-refractivity contribution in [3.05, 3.63) is 24.3 Å². The lowest BCUT2D eigenvalue weighted by atomic mass is 10.3. The molecule has 70 valence electrons. The van der Waals surface area contributed by atoms with E-state index < -0.39 is 8.40 Å². The highest BCUT2D eigenvalue weighted by atomic mass is 28.3. The van der Waals surface area contributed by atoms with Crippen molar-refractivity contribution in [3.8, 4) is 0 Å². The van der Waals surface area contributed by atoms with Crippen LogP contribution in [-0.2, 0) is 0 Å². The van der Waals surface area contributed by atoms with E-state index in [4.69, 9.17) is 0 Å². The van der Waals surface area contributed by atoms with Crippen molar-refractivity contribution in [1.82, 2.24) is 0 Å². The third kappa shape index (κ3) is 1.33. The van der Waals surface area contributed by atoms with Crippen LogP contribution in [0.4, 0.5) is 11.4 Å². The first kappa shape index (κ1) is 8.63. The van der Waals surface area contributed by atoms with Crippen LogP contribution in [0, 0.1) is 0 Å². The van der Waals surface area contributed by atoms with Gasteiger partial charge in [-0.25, -0.2) is 0 Å². The summed E-state index contributed by atoms with van der Waals surface area (Å²) in [6, 6.07) is 11.0. The maximum atomic E-state index is 3.68. The molecule has 0 saturated carbocycles. The van der Waals surface area contributed by atoms with Gasteiger partial charge in [-0.3, -0.25) is 0 Å². The van der Waals surface area contributed by atoms with Gasteiger partial charge >= 0.3 is 0 Å². The van der Waals surface area contributed by atoms with Crippen LogP contribution < -0.4 is 9.96 Å². The quantitative estimate of drug-likeness (QED) is 0.704. The zero-order valence-electron chi connectivity index (χ0n) is 8.22. The van der Waals surface area contributed by atoms with E-state index >= 15 is 0 Å². The molecule has 2 nitrogen and oxygen atoms in total. The number of rotatable bonds is 2. The summed E-state index contributed by atoms with van der Waals surface area (Å²) in [4.78, 5) is 7.35. The maximum absolute atomic E-state index is 3.68. The highest BCUT2D eigenvalue weighted by Crippen LogP contribution is 2.34. The zero-order chi connectivity index (χ0) is 9.31. The molecule has 1 aromatic carbocycles. The highest BCUT2D eigenvalue weighted by Gasteiger charge is 2.36. The molecule has 2 rings (SSSR count). The van der Waals surface area contributed by atoms with Crippen LogP contribution in [0.25, 0.3) is 0 Å². The molecule has 0 atom stereocenters. The van der Waals surface area contributed by atoms with Gasteiger partial charge in [-0.15, -0.1) is 0 Å². The monoisotopic (exact) mass is 192 g/mol. The van der Waals surface area contributed by atoms with Crippen molar-refractivity contribution in [3.63, 3.8) is 0 Å². The van der Waals surface area contributed by atoms with Gasteiger partial charge in [0.05, 0.1) is 11.4 Å². The number of fused-ring (bicyclic) bond motifs is 1. The van der Waals surface area contributed by atoms with Gasteiger partial charge in [-0.2, -0.15) is 0 Å². The fourth-order valence-corrected chi connectivity index (χ4v) is 4.59. The highest BCUT2D eigenvalue weighted by molar-refractivity contribution is 6.87. The van der Waals surface area contributed by atoms with E-state index in [1.807, 2.05) is 0 Å². The molecule has 1 aliphatic heterocycles. The van der Waals surface area contributed by atoms with Crippen LogP contribution in [0.5, 0.6) is 0 Å². The van der Waals surface area contributed by atoms with Gasteiger partial charge in [0.1, 0.15) is 0 Å². The summed E-state index contributed by atoms with van der Waals surface area (Å²) in [6.07, 6.45) is 0. The molecule has 0 fully saturated rings. The van der Waals surface area contributed by atoms with E-state index in [9.17, 15) is 0 Å². The van der Waals surface area contributed by atoms with Gasteiger partial charge in [-0.1, -0.05) is 26.0 Å². The van der Waals surface area contributed by atoms with E-state index in [0.717, 1.165) is 0 Å². The number of hydrogen-bond donors (Lipinski definition) is 2. The van der Waals surface area contributed by atoms with E-state index in [0.29, 0.717) is 0 Å². The van der Waals surface area contributed by atoms with Crippen molar-refractivity contribution >= 4 is 19.8 Å². The molecule has 0 bridgehead atoms. The Labute approximate surface area is 80.5 Å². The number of hydrogen-bond acceptors (Lipinski definition) is 2. The van der Waals surface area contributed by atoms with Gasteiger partial charge in [0.15, 0.2) is 0 Å². The first-order valence-electron chi connectivity index (χ1n) is 4.95. The molecule has 0 aliphatic carbocycles. The molecule has 0 amide bonds. The van der Waals surface area contributed by atoms with Gasteiger partial charge in [0.25, 0.3) is 8.40 Å². The van der Waals surface area contributed by atoms with E-state index in [1.165, 1.54) is 23.5 Å². The summed E-state index contributed by atoms with van der Waals surface area (Å²) in [5.41, 5.74) is 2.58. The van der Waals surface area contributed by atoms with E-state index in [2.05, 4.69) is 48.1 Å². The second-order valence-corrected chi connectivity index (χ2v) is 7.66. The molecule has 3 heteroatoms. The average molecular weight is 192 g/mol. The molecule has 2 N–H and O–H groups in total. The van der Waals surface area contributed by atoms with Crippen molar-refractivity contribution in [2.24, 2.45) is 0 Å². The molecule has 0 saturated heterocycles. The minimum absolute atomic E-state index is 1.23. The van der Waals surface area contributed by atoms with Gasteiger partial charge in [0.2, 0.25) is 0 Å². The molecular formula is C10H16N2Si. The summed E-state index contributed by atoms with van der Waals surface area (Å²) in [7, 11) is -1.38.